The summed E-state index contributed by atoms with van der Waals surface area (Å²) < 4.78 is 7.85. The number of fused-ring (bicyclic) bond motifs is 1. The zero-order valence-electron chi connectivity index (χ0n) is 10.9. The standard InChI is InChI=1S/C14H19N3O/c1-9(2)14-16-12-7-10(15)3-4-13(12)17(14)11-5-6-18-8-11/h3-4,7,9,11H,5-6,8,15H2,1-2H3. The summed E-state index contributed by atoms with van der Waals surface area (Å²) in [5.41, 5.74) is 8.77. The van der Waals surface area contributed by atoms with E-state index in [1.54, 1.807) is 0 Å². The second-order valence-corrected chi connectivity index (χ2v) is 5.26. The van der Waals surface area contributed by atoms with E-state index in [1.165, 1.54) is 5.52 Å². The van der Waals surface area contributed by atoms with Crippen LogP contribution in [0.3, 0.4) is 0 Å². The molecule has 2 aromatic rings. The minimum Gasteiger partial charge on any atom is -0.399 e. The quantitative estimate of drug-likeness (QED) is 0.828. The fraction of sp³-hybridized carbons (Fsp3) is 0.500. The third-order valence-electron chi connectivity index (χ3n) is 3.53. The van der Waals surface area contributed by atoms with Crippen molar-refractivity contribution in [3.8, 4) is 0 Å². The van der Waals surface area contributed by atoms with Gasteiger partial charge in [-0.05, 0) is 24.6 Å². The van der Waals surface area contributed by atoms with Crippen LogP contribution in [0, 0.1) is 0 Å². The van der Waals surface area contributed by atoms with Gasteiger partial charge in [0.25, 0.3) is 0 Å². The molecule has 1 fully saturated rings. The summed E-state index contributed by atoms with van der Waals surface area (Å²) >= 11 is 0. The summed E-state index contributed by atoms with van der Waals surface area (Å²) in [4.78, 5) is 4.74. The van der Waals surface area contributed by atoms with Crippen molar-refractivity contribution in [2.24, 2.45) is 0 Å². The van der Waals surface area contributed by atoms with Gasteiger partial charge in [0.15, 0.2) is 0 Å². The van der Waals surface area contributed by atoms with Gasteiger partial charge in [0.1, 0.15) is 5.82 Å². The van der Waals surface area contributed by atoms with Gasteiger partial charge in [-0.2, -0.15) is 0 Å². The molecule has 18 heavy (non-hydrogen) atoms. The van der Waals surface area contributed by atoms with Crippen LogP contribution in [0.4, 0.5) is 5.69 Å². The van der Waals surface area contributed by atoms with Crippen LogP contribution >= 0.6 is 0 Å². The van der Waals surface area contributed by atoms with Crippen molar-refractivity contribution in [1.29, 1.82) is 0 Å². The molecule has 1 aliphatic heterocycles. The first kappa shape index (κ1) is 11.5. The largest absolute Gasteiger partial charge is 0.399 e. The zero-order chi connectivity index (χ0) is 12.7. The van der Waals surface area contributed by atoms with Gasteiger partial charge in [-0.25, -0.2) is 4.98 Å². The van der Waals surface area contributed by atoms with Crippen molar-refractivity contribution in [3.05, 3.63) is 24.0 Å². The fourth-order valence-electron chi connectivity index (χ4n) is 2.65. The van der Waals surface area contributed by atoms with E-state index in [9.17, 15) is 0 Å². The summed E-state index contributed by atoms with van der Waals surface area (Å²) in [5.74, 6) is 1.53. The highest BCUT2D eigenvalue weighted by atomic mass is 16.5. The lowest BCUT2D eigenvalue weighted by Crippen LogP contribution is -2.13. The average molecular weight is 245 g/mol. The lowest BCUT2D eigenvalue weighted by atomic mass is 10.1. The van der Waals surface area contributed by atoms with Crippen LogP contribution in [0.1, 0.15) is 38.1 Å². The molecule has 0 bridgehead atoms. The summed E-state index contributed by atoms with van der Waals surface area (Å²) in [5, 5.41) is 0. The smallest absolute Gasteiger partial charge is 0.112 e. The molecule has 1 saturated heterocycles. The van der Waals surface area contributed by atoms with Crippen LogP contribution < -0.4 is 5.73 Å². The summed E-state index contributed by atoms with van der Waals surface area (Å²) in [6.45, 7) is 5.99. The molecule has 2 N–H and O–H groups in total. The molecule has 3 rings (SSSR count). The normalized spacial score (nSPS) is 20.1. The third kappa shape index (κ3) is 1.77. The molecule has 1 unspecified atom stereocenters. The minimum absolute atomic E-state index is 0.402. The monoisotopic (exact) mass is 245 g/mol. The molecule has 0 amide bonds. The number of anilines is 1. The van der Waals surface area contributed by atoms with Gasteiger partial charge in [0, 0.05) is 18.2 Å². The van der Waals surface area contributed by atoms with E-state index < -0.39 is 0 Å². The van der Waals surface area contributed by atoms with Gasteiger partial charge < -0.3 is 15.0 Å². The molecule has 4 heteroatoms. The molecule has 0 aliphatic carbocycles. The SMILES string of the molecule is CC(C)c1nc2cc(N)ccc2n1C1CCOC1. The van der Waals surface area contributed by atoms with Crippen LogP contribution in [0.5, 0.6) is 0 Å². The molecule has 1 aliphatic rings. The lowest BCUT2D eigenvalue weighted by Gasteiger charge is -2.16. The third-order valence-corrected chi connectivity index (χ3v) is 3.53. The van der Waals surface area contributed by atoms with Gasteiger partial charge in [0.2, 0.25) is 0 Å². The van der Waals surface area contributed by atoms with E-state index in [0.29, 0.717) is 12.0 Å². The number of hydrogen-bond donors (Lipinski definition) is 1. The summed E-state index contributed by atoms with van der Waals surface area (Å²) in [7, 11) is 0. The Morgan fingerprint density at radius 1 is 1.44 bits per heavy atom. The number of benzene rings is 1. The highest BCUT2D eigenvalue weighted by Gasteiger charge is 2.24. The molecular weight excluding hydrogens is 226 g/mol. The number of nitrogen functional groups attached to an aromatic ring is 1. The Balaban J connectivity index is 2.21. The molecule has 1 atom stereocenters. The zero-order valence-corrected chi connectivity index (χ0v) is 10.9. The highest BCUT2D eigenvalue weighted by molar-refractivity contribution is 5.80. The minimum atomic E-state index is 0.402. The van der Waals surface area contributed by atoms with Crippen LogP contribution in [-0.4, -0.2) is 22.8 Å². The maximum Gasteiger partial charge on any atom is 0.112 e. The Bertz CT molecular complexity index is 568. The molecule has 1 aromatic carbocycles. The number of hydrogen-bond acceptors (Lipinski definition) is 3. The van der Waals surface area contributed by atoms with E-state index in [4.69, 9.17) is 15.5 Å². The number of aromatic nitrogens is 2. The predicted octanol–water partition coefficient (Wildman–Crippen LogP) is 2.70. The van der Waals surface area contributed by atoms with Crippen molar-refractivity contribution in [3.63, 3.8) is 0 Å². The summed E-state index contributed by atoms with van der Waals surface area (Å²) in [6, 6.07) is 6.38. The predicted molar refractivity (Wildman–Crippen MR) is 72.7 cm³/mol. The van der Waals surface area contributed by atoms with Gasteiger partial charge in [0.05, 0.1) is 23.7 Å². The van der Waals surface area contributed by atoms with Gasteiger partial charge in [-0.1, -0.05) is 13.8 Å². The number of nitrogens with zero attached hydrogens (tertiary/aromatic N) is 2. The molecular formula is C14H19N3O. The van der Waals surface area contributed by atoms with E-state index in [0.717, 1.165) is 36.7 Å². The van der Waals surface area contributed by atoms with Crippen LogP contribution in [0.2, 0.25) is 0 Å². The molecule has 0 radical (unpaired) electrons. The van der Waals surface area contributed by atoms with Crippen molar-refractivity contribution in [2.75, 3.05) is 18.9 Å². The first-order valence-corrected chi connectivity index (χ1v) is 6.52. The van der Waals surface area contributed by atoms with E-state index in [1.807, 2.05) is 12.1 Å². The Kier molecular flexibility index (Phi) is 2.74. The van der Waals surface area contributed by atoms with Crippen LogP contribution in [-0.2, 0) is 4.74 Å². The van der Waals surface area contributed by atoms with Crippen LogP contribution in [0.25, 0.3) is 11.0 Å². The number of nitrogens with two attached hydrogens (primary N) is 1. The lowest BCUT2D eigenvalue weighted by molar-refractivity contribution is 0.186. The van der Waals surface area contributed by atoms with Crippen LogP contribution in [0.15, 0.2) is 18.2 Å². The number of imidazole rings is 1. The molecule has 1 aromatic heterocycles. The second-order valence-electron chi connectivity index (χ2n) is 5.26. The van der Waals surface area contributed by atoms with E-state index >= 15 is 0 Å². The maximum absolute atomic E-state index is 5.84. The topological polar surface area (TPSA) is 53.1 Å². The van der Waals surface area contributed by atoms with Gasteiger partial charge in [-0.3, -0.25) is 0 Å². The molecule has 4 nitrogen and oxygen atoms in total. The number of rotatable bonds is 2. The second kappa shape index (κ2) is 4.28. The van der Waals surface area contributed by atoms with E-state index in [2.05, 4.69) is 24.5 Å². The van der Waals surface area contributed by atoms with E-state index in [-0.39, 0.29) is 0 Å². The molecule has 0 spiro atoms. The Morgan fingerprint density at radius 3 is 2.94 bits per heavy atom. The number of ether oxygens (including phenoxy) is 1. The van der Waals surface area contributed by atoms with Crippen molar-refractivity contribution >= 4 is 16.7 Å². The van der Waals surface area contributed by atoms with Crippen molar-refractivity contribution in [2.45, 2.75) is 32.2 Å². The van der Waals surface area contributed by atoms with Gasteiger partial charge in [-0.15, -0.1) is 0 Å². The first-order chi connectivity index (χ1) is 8.66. The van der Waals surface area contributed by atoms with Gasteiger partial charge >= 0.3 is 0 Å². The van der Waals surface area contributed by atoms with Crippen molar-refractivity contribution in [1.82, 2.24) is 9.55 Å². The summed E-state index contributed by atoms with van der Waals surface area (Å²) in [6.07, 6.45) is 1.07. The highest BCUT2D eigenvalue weighted by Crippen LogP contribution is 2.30. The Labute approximate surface area is 107 Å². The fourth-order valence-corrected chi connectivity index (χ4v) is 2.65. The molecule has 2 heterocycles. The Hall–Kier alpha value is -1.55. The maximum atomic E-state index is 5.84. The Morgan fingerprint density at radius 2 is 2.28 bits per heavy atom. The first-order valence-electron chi connectivity index (χ1n) is 6.52. The molecule has 96 valence electrons. The van der Waals surface area contributed by atoms with Crippen molar-refractivity contribution < 1.29 is 4.74 Å². The average Bonchev–Trinajstić information content (AvgIpc) is 2.92. The molecule has 0 saturated carbocycles.